The maximum absolute atomic E-state index is 12.5. The summed E-state index contributed by atoms with van der Waals surface area (Å²) in [6, 6.07) is 2.35. The second-order valence-corrected chi connectivity index (χ2v) is 6.27. The highest BCUT2D eigenvalue weighted by Crippen LogP contribution is 2.28. The van der Waals surface area contributed by atoms with E-state index < -0.39 is 23.9 Å². The summed E-state index contributed by atoms with van der Waals surface area (Å²) in [7, 11) is 0. The Morgan fingerprint density at radius 1 is 1.48 bits per heavy atom. The fourth-order valence-corrected chi connectivity index (χ4v) is 2.46. The minimum Gasteiger partial charge on any atom is -0.481 e. The Bertz CT molecular complexity index is 558. The SMILES string of the molecule is CC1(C)COC(CC(=O)O)CN1Cc1ccc(C(F)(F)F)nc1. The van der Waals surface area contributed by atoms with Crippen molar-refractivity contribution in [1.82, 2.24) is 9.88 Å². The van der Waals surface area contributed by atoms with Gasteiger partial charge in [-0.25, -0.2) is 0 Å². The molecule has 0 aliphatic carbocycles. The minimum absolute atomic E-state index is 0.0994. The summed E-state index contributed by atoms with van der Waals surface area (Å²) in [4.78, 5) is 16.3. The molecule has 1 unspecified atom stereocenters. The number of hydrogen-bond donors (Lipinski definition) is 1. The van der Waals surface area contributed by atoms with Crippen LogP contribution in [0.4, 0.5) is 13.2 Å². The van der Waals surface area contributed by atoms with E-state index in [0.29, 0.717) is 25.3 Å². The first kappa shape index (κ1) is 17.7. The van der Waals surface area contributed by atoms with Crippen LogP contribution in [0.1, 0.15) is 31.5 Å². The van der Waals surface area contributed by atoms with E-state index in [1.807, 2.05) is 18.7 Å². The van der Waals surface area contributed by atoms with E-state index in [2.05, 4.69) is 4.98 Å². The lowest BCUT2D eigenvalue weighted by atomic mass is 9.99. The van der Waals surface area contributed by atoms with Crippen LogP contribution in [0.5, 0.6) is 0 Å². The Hall–Kier alpha value is -1.67. The van der Waals surface area contributed by atoms with Gasteiger partial charge in [-0.3, -0.25) is 14.7 Å². The van der Waals surface area contributed by atoms with Gasteiger partial charge in [0.1, 0.15) is 5.69 Å². The van der Waals surface area contributed by atoms with E-state index in [1.165, 1.54) is 12.3 Å². The van der Waals surface area contributed by atoms with Crippen LogP contribution in [0.25, 0.3) is 0 Å². The van der Waals surface area contributed by atoms with Gasteiger partial charge in [0.15, 0.2) is 0 Å². The van der Waals surface area contributed by atoms with Crippen molar-refractivity contribution in [2.75, 3.05) is 13.2 Å². The van der Waals surface area contributed by atoms with Gasteiger partial charge in [0.25, 0.3) is 0 Å². The zero-order chi connectivity index (χ0) is 17.3. The Balaban J connectivity index is 2.08. The van der Waals surface area contributed by atoms with Crippen LogP contribution in [-0.4, -0.2) is 45.8 Å². The second kappa shape index (κ2) is 6.45. The fourth-order valence-electron chi connectivity index (χ4n) is 2.46. The lowest BCUT2D eigenvalue weighted by molar-refractivity contribution is -0.147. The summed E-state index contributed by atoms with van der Waals surface area (Å²) in [6.45, 7) is 5.04. The van der Waals surface area contributed by atoms with Crippen LogP contribution in [0.2, 0.25) is 0 Å². The van der Waals surface area contributed by atoms with Crippen molar-refractivity contribution >= 4 is 5.97 Å². The first-order valence-electron chi connectivity index (χ1n) is 7.18. The highest BCUT2D eigenvalue weighted by Gasteiger charge is 2.36. The molecule has 1 saturated heterocycles. The predicted molar refractivity (Wildman–Crippen MR) is 75.7 cm³/mol. The van der Waals surface area contributed by atoms with E-state index in [1.54, 1.807) is 0 Å². The maximum atomic E-state index is 12.5. The fraction of sp³-hybridized carbons (Fsp3) is 0.600. The molecular weight excluding hydrogens is 313 g/mol. The lowest BCUT2D eigenvalue weighted by Crippen LogP contribution is -2.55. The molecule has 0 spiro atoms. The molecule has 1 aromatic heterocycles. The molecule has 1 aliphatic rings. The average Bonchev–Trinajstić information content (AvgIpc) is 2.42. The van der Waals surface area contributed by atoms with Gasteiger partial charge in [-0.1, -0.05) is 6.07 Å². The zero-order valence-electron chi connectivity index (χ0n) is 12.9. The van der Waals surface area contributed by atoms with Crippen molar-refractivity contribution in [3.05, 3.63) is 29.6 Å². The molecule has 0 amide bonds. The third-order valence-electron chi connectivity index (χ3n) is 3.84. The van der Waals surface area contributed by atoms with Gasteiger partial charge >= 0.3 is 12.1 Å². The van der Waals surface area contributed by atoms with Gasteiger partial charge in [-0.15, -0.1) is 0 Å². The topological polar surface area (TPSA) is 62.7 Å². The van der Waals surface area contributed by atoms with Crippen molar-refractivity contribution in [1.29, 1.82) is 0 Å². The van der Waals surface area contributed by atoms with Crippen molar-refractivity contribution in [2.45, 2.75) is 44.6 Å². The Kier molecular flexibility index (Phi) is 4.95. The molecule has 2 rings (SSSR count). The number of ether oxygens (including phenoxy) is 1. The molecule has 0 aromatic carbocycles. The van der Waals surface area contributed by atoms with Crippen LogP contribution in [0.3, 0.4) is 0 Å². The van der Waals surface area contributed by atoms with Gasteiger partial charge in [-0.2, -0.15) is 13.2 Å². The summed E-state index contributed by atoms with van der Waals surface area (Å²) >= 11 is 0. The van der Waals surface area contributed by atoms with E-state index in [9.17, 15) is 18.0 Å². The third-order valence-corrected chi connectivity index (χ3v) is 3.84. The minimum atomic E-state index is -4.46. The highest BCUT2D eigenvalue weighted by molar-refractivity contribution is 5.67. The van der Waals surface area contributed by atoms with Crippen molar-refractivity contribution in [2.24, 2.45) is 0 Å². The van der Waals surface area contributed by atoms with E-state index in [-0.39, 0.29) is 12.0 Å². The molecule has 0 radical (unpaired) electrons. The molecule has 0 saturated carbocycles. The first-order chi connectivity index (χ1) is 10.6. The van der Waals surface area contributed by atoms with E-state index in [0.717, 1.165) is 6.07 Å². The third kappa shape index (κ3) is 4.65. The summed E-state index contributed by atoms with van der Waals surface area (Å²) in [5.41, 5.74) is -0.620. The van der Waals surface area contributed by atoms with Gasteiger partial charge in [0.05, 0.1) is 19.1 Å². The molecule has 0 bridgehead atoms. The number of carbonyl (C=O) groups is 1. The molecule has 1 N–H and O–H groups in total. The van der Waals surface area contributed by atoms with Gasteiger partial charge in [0, 0.05) is 24.8 Å². The van der Waals surface area contributed by atoms with Crippen LogP contribution in [0.15, 0.2) is 18.3 Å². The summed E-state index contributed by atoms with van der Waals surface area (Å²) in [6.07, 6.45) is -3.77. The summed E-state index contributed by atoms with van der Waals surface area (Å²) in [5.74, 6) is -0.939. The number of aromatic nitrogens is 1. The zero-order valence-corrected chi connectivity index (χ0v) is 12.9. The molecule has 2 heterocycles. The smallest absolute Gasteiger partial charge is 0.433 e. The molecular formula is C15H19F3N2O3. The molecule has 1 fully saturated rings. The number of nitrogens with zero attached hydrogens (tertiary/aromatic N) is 2. The number of morpholine rings is 1. The number of aliphatic carboxylic acids is 1. The summed E-state index contributed by atoms with van der Waals surface area (Å²) < 4.78 is 43.1. The molecule has 23 heavy (non-hydrogen) atoms. The average molecular weight is 332 g/mol. The van der Waals surface area contributed by atoms with E-state index in [4.69, 9.17) is 9.84 Å². The molecule has 8 heteroatoms. The summed E-state index contributed by atoms with van der Waals surface area (Å²) in [5, 5.41) is 8.86. The maximum Gasteiger partial charge on any atom is 0.433 e. The van der Waals surface area contributed by atoms with Gasteiger partial charge in [-0.05, 0) is 25.5 Å². The number of carboxylic acids is 1. The molecule has 1 aliphatic heterocycles. The largest absolute Gasteiger partial charge is 0.481 e. The number of pyridine rings is 1. The number of carboxylic acid groups (broad SMARTS) is 1. The highest BCUT2D eigenvalue weighted by atomic mass is 19.4. The number of rotatable bonds is 4. The number of alkyl halides is 3. The normalized spacial score (nSPS) is 22.0. The predicted octanol–water partition coefficient (Wildman–Crippen LogP) is 2.55. The Morgan fingerprint density at radius 2 is 2.17 bits per heavy atom. The number of halogens is 3. The van der Waals surface area contributed by atoms with E-state index >= 15 is 0 Å². The quantitative estimate of drug-likeness (QED) is 0.918. The standard InChI is InChI=1S/C15H19F3N2O3/c1-14(2)9-23-11(5-13(21)22)8-20(14)7-10-3-4-12(19-6-10)15(16,17)18/h3-4,6,11H,5,7-9H2,1-2H3,(H,21,22). The van der Waals surface area contributed by atoms with Crippen LogP contribution < -0.4 is 0 Å². The Labute approximate surface area is 132 Å². The first-order valence-corrected chi connectivity index (χ1v) is 7.18. The van der Waals surface area contributed by atoms with Crippen LogP contribution >= 0.6 is 0 Å². The Morgan fingerprint density at radius 3 is 2.70 bits per heavy atom. The molecule has 5 nitrogen and oxygen atoms in total. The van der Waals surface area contributed by atoms with Gasteiger partial charge in [0.2, 0.25) is 0 Å². The second-order valence-electron chi connectivity index (χ2n) is 6.27. The van der Waals surface area contributed by atoms with Crippen molar-refractivity contribution in [3.63, 3.8) is 0 Å². The lowest BCUT2D eigenvalue weighted by Gasteiger charge is -2.45. The monoisotopic (exact) mass is 332 g/mol. The number of hydrogen-bond acceptors (Lipinski definition) is 4. The van der Waals surface area contributed by atoms with Crippen LogP contribution in [0, 0.1) is 0 Å². The molecule has 1 aromatic rings. The van der Waals surface area contributed by atoms with Crippen molar-refractivity contribution < 1.29 is 27.8 Å². The van der Waals surface area contributed by atoms with Crippen molar-refractivity contribution in [3.8, 4) is 0 Å². The molecule has 128 valence electrons. The molecule has 1 atom stereocenters. The van der Waals surface area contributed by atoms with Gasteiger partial charge < -0.3 is 9.84 Å². The van der Waals surface area contributed by atoms with Crippen LogP contribution in [-0.2, 0) is 22.3 Å².